The highest BCUT2D eigenvalue weighted by Gasteiger charge is 2.28. The molecule has 0 bridgehead atoms. The molecule has 0 spiro atoms. The Balaban J connectivity index is 1.84. The van der Waals surface area contributed by atoms with E-state index >= 15 is 0 Å². The van der Waals surface area contributed by atoms with Gasteiger partial charge in [-0.05, 0) is 17.5 Å². The van der Waals surface area contributed by atoms with E-state index in [2.05, 4.69) is 21.6 Å². The molecule has 22 heavy (non-hydrogen) atoms. The first kappa shape index (κ1) is 14.1. The highest BCUT2D eigenvalue weighted by atomic mass is 16.3. The number of fused-ring (bicyclic) bond motifs is 1. The molecular weight excluding hydrogens is 284 g/mol. The molecule has 0 fully saturated rings. The number of carbonyl (C=O) groups excluding carboxylic acids is 2. The van der Waals surface area contributed by atoms with Crippen molar-refractivity contribution in [2.24, 2.45) is 0 Å². The van der Waals surface area contributed by atoms with Crippen molar-refractivity contribution in [2.45, 2.75) is 13.0 Å². The molecule has 7 heteroatoms. The van der Waals surface area contributed by atoms with Crippen molar-refractivity contribution >= 4 is 11.8 Å². The Labute approximate surface area is 126 Å². The summed E-state index contributed by atoms with van der Waals surface area (Å²) >= 11 is 0. The fourth-order valence-electron chi connectivity index (χ4n) is 2.59. The van der Waals surface area contributed by atoms with E-state index in [1.807, 2.05) is 18.2 Å². The molecule has 114 valence electrons. The van der Waals surface area contributed by atoms with Crippen LogP contribution in [0.1, 0.15) is 32.1 Å². The molecule has 0 unspecified atom stereocenters. The van der Waals surface area contributed by atoms with Crippen molar-refractivity contribution < 1.29 is 14.7 Å². The molecule has 7 nitrogen and oxygen atoms in total. The van der Waals surface area contributed by atoms with Crippen LogP contribution in [0.15, 0.2) is 24.3 Å². The first-order valence-electron chi connectivity index (χ1n) is 6.97. The van der Waals surface area contributed by atoms with E-state index in [4.69, 9.17) is 0 Å². The molecule has 0 saturated carbocycles. The average molecular weight is 300 g/mol. The normalized spacial score (nSPS) is 13.6. The molecule has 3 rings (SSSR count). The second-order valence-electron chi connectivity index (χ2n) is 5.12. The SMILES string of the molecule is CNC(=O)c1n[nH]c(C(=O)N2CCc3ccccc3C2)c1O. The number of hydrogen-bond donors (Lipinski definition) is 3. The van der Waals surface area contributed by atoms with Crippen LogP contribution in [0.5, 0.6) is 5.75 Å². The standard InChI is InChI=1S/C15H16N4O3/c1-16-14(21)11-13(20)12(18-17-11)15(22)19-7-6-9-4-2-3-5-10(9)8-19/h2-5,20H,6-8H2,1H3,(H,16,21)(H,17,18). The molecule has 2 amide bonds. The molecule has 0 radical (unpaired) electrons. The molecular formula is C15H16N4O3. The minimum atomic E-state index is -0.545. The predicted octanol–water partition coefficient (Wildman–Crippen LogP) is 0.673. The molecule has 1 aromatic carbocycles. The summed E-state index contributed by atoms with van der Waals surface area (Å²) in [7, 11) is 1.43. The van der Waals surface area contributed by atoms with Gasteiger partial charge in [-0.3, -0.25) is 14.7 Å². The van der Waals surface area contributed by atoms with Gasteiger partial charge in [0.05, 0.1) is 0 Å². The minimum absolute atomic E-state index is 0.0574. The average Bonchev–Trinajstić information content (AvgIpc) is 2.94. The Morgan fingerprint density at radius 3 is 2.77 bits per heavy atom. The maximum atomic E-state index is 12.5. The highest BCUT2D eigenvalue weighted by Crippen LogP contribution is 2.24. The lowest BCUT2D eigenvalue weighted by Crippen LogP contribution is -2.36. The number of aromatic nitrogens is 2. The van der Waals surface area contributed by atoms with Crippen LogP contribution in [0.2, 0.25) is 0 Å². The maximum absolute atomic E-state index is 12.5. The zero-order valence-corrected chi connectivity index (χ0v) is 12.1. The fourth-order valence-corrected chi connectivity index (χ4v) is 2.59. The lowest BCUT2D eigenvalue weighted by molar-refractivity contribution is 0.0725. The van der Waals surface area contributed by atoms with Gasteiger partial charge in [0.15, 0.2) is 17.1 Å². The molecule has 2 aromatic rings. The zero-order chi connectivity index (χ0) is 15.7. The number of hydrogen-bond acceptors (Lipinski definition) is 4. The molecule has 0 saturated heterocycles. The van der Waals surface area contributed by atoms with Crippen LogP contribution in [0.25, 0.3) is 0 Å². The predicted molar refractivity (Wildman–Crippen MR) is 78.5 cm³/mol. The third-order valence-electron chi connectivity index (χ3n) is 3.81. The Hall–Kier alpha value is -2.83. The topological polar surface area (TPSA) is 98.3 Å². The summed E-state index contributed by atoms with van der Waals surface area (Å²) in [5.74, 6) is -1.32. The first-order chi connectivity index (χ1) is 10.6. The van der Waals surface area contributed by atoms with Crippen molar-refractivity contribution in [3.05, 3.63) is 46.8 Å². The van der Waals surface area contributed by atoms with Gasteiger partial charge in [-0.25, -0.2) is 0 Å². The van der Waals surface area contributed by atoms with E-state index in [1.165, 1.54) is 12.6 Å². The van der Waals surface area contributed by atoms with Gasteiger partial charge in [0.1, 0.15) is 0 Å². The summed E-state index contributed by atoms with van der Waals surface area (Å²) in [4.78, 5) is 25.7. The number of amides is 2. The second kappa shape index (κ2) is 5.51. The Morgan fingerprint density at radius 2 is 2.05 bits per heavy atom. The lowest BCUT2D eigenvalue weighted by Gasteiger charge is -2.28. The minimum Gasteiger partial charge on any atom is -0.504 e. The summed E-state index contributed by atoms with van der Waals surface area (Å²) in [5.41, 5.74) is 2.08. The van der Waals surface area contributed by atoms with Gasteiger partial charge in [-0.2, -0.15) is 5.10 Å². The van der Waals surface area contributed by atoms with E-state index in [9.17, 15) is 14.7 Å². The molecule has 0 atom stereocenters. The van der Waals surface area contributed by atoms with E-state index in [0.29, 0.717) is 13.1 Å². The first-order valence-corrected chi connectivity index (χ1v) is 6.97. The smallest absolute Gasteiger partial charge is 0.276 e. The molecule has 1 aliphatic heterocycles. The largest absolute Gasteiger partial charge is 0.504 e. The van der Waals surface area contributed by atoms with Crippen LogP contribution in [0, 0.1) is 0 Å². The molecule has 1 aliphatic rings. The summed E-state index contributed by atoms with van der Waals surface area (Å²) in [6, 6.07) is 7.95. The molecule has 3 N–H and O–H groups in total. The highest BCUT2D eigenvalue weighted by molar-refractivity contribution is 6.01. The van der Waals surface area contributed by atoms with Gasteiger partial charge in [-0.1, -0.05) is 24.3 Å². The Kier molecular flexibility index (Phi) is 3.54. The van der Waals surface area contributed by atoms with Crippen molar-refractivity contribution in [3.63, 3.8) is 0 Å². The summed E-state index contributed by atoms with van der Waals surface area (Å²) in [5, 5.41) is 18.6. The van der Waals surface area contributed by atoms with E-state index in [0.717, 1.165) is 12.0 Å². The van der Waals surface area contributed by atoms with Crippen molar-refractivity contribution in [3.8, 4) is 5.75 Å². The van der Waals surface area contributed by atoms with Crippen LogP contribution in [0.3, 0.4) is 0 Å². The molecule has 1 aromatic heterocycles. The quantitative estimate of drug-likeness (QED) is 0.759. The van der Waals surface area contributed by atoms with Gasteiger partial charge in [0.25, 0.3) is 11.8 Å². The van der Waals surface area contributed by atoms with Gasteiger partial charge in [0.2, 0.25) is 0 Å². The van der Waals surface area contributed by atoms with Gasteiger partial charge < -0.3 is 15.3 Å². The van der Waals surface area contributed by atoms with Gasteiger partial charge in [0, 0.05) is 20.1 Å². The van der Waals surface area contributed by atoms with Crippen LogP contribution >= 0.6 is 0 Å². The Morgan fingerprint density at radius 1 is 1.32 bits per heavy atom. The van der Waals surface area contributed by atoms with Crippen LogP contribution in [-0.4, -0.2) is 45.6 Å². The summed E-state index contributed by atoms with van der Waals surface area (Å²) in [6.07, 6.45) is 0.763. The van der Waals surface area contributed by atoms with E-state index < -0.39 is 11.7 Å². The molecule has 0 aliphatic carbocycles. The monoisotopic (exact) mass is 300 g/mol. The Bertz CT molecular complexity index is 738. The number of aromatic hydroxyl groups is 1. The van der Waals surface area contributed by atoms with Gasteiger partial charge >= 0.3 is 0 Å². The van der Waals surface area contributed by atoms with Gasteiger partial charge in [-0.15, -0.1) is 0 Å². The lowest BCUT2D eigenvalue weighted by atomic mass is 10.00. The van der Waals surface area contributed by atoms with E-state index in [-0.39, 0.29) is 17.3 Å². The van der Waals surface area contributed by atoms with Crippen LogP contribution in [0.4, 0.5) is 0 Å². The van der Waals surface area contributed by atoms with E-state index in [1.54, 1.807) is 4.90 Å². The fraction of sp³-hybridized carbons (Fsp3) is 0.267. The number of rotatable bonds is 2. The number of H-pyrrole nitrogens is 1. The maximum Gasteiger partial charge on any atom is 0.276 e. The third-order valence-corrected chi connectivity index (χ3v) is 3.81. The number of nitrogens with one attached hydrogen (secondary N) is 2. The number of carbonyl (C=O) groups is 2. The number of benzene rings is 1. The summed E-state index contributed by atoms with van der Waals surface area (Å²) in [6.45, 7) is 1.03. The van der Waals surface area contributed by atoms with Crippen molar-refractivity contribution in [2.75, 3.05) is 13.6 Å². The zero-order valence-electron chi connectivity index (χ0n) is 12.1. The van der Waals surface area contributed by atoms with Crippen LogP contribution < -0.4 is 5.32 Å². The van der Waals surface area contributed by atoms with Crippen LogP contribution in [-0.2, 0) is 13.0 Å². The summed E-state index contributed by atoms with van der Waals surface area (Å²) < 4.78 is 0. The third kappa shape index (κ3) is 2.30. The van der Waals surface area contributed by atoms with Crippen molar-refractivity contribution in [1.82, 2.24) is 20.4 Å². The number of nitrogens with zero attached hydrogens (tertiary/aromatic N) is 2. The second-order valence-corrected chi connectivity index (χ2v) is 5.12. The molecule has 2 heterocycles. The number of aromatic amines is 1. The van der Waals surface area contributed by atoms with Crippen molar-refractivity contribution in [1.29, 1.82) is 0 Å².